The molecule has 1 atom stereocenters. The SMILES string of the molecule is C=C(CNC(C)(C)C)CN1C(=O)NC(CCC)C1=O. The first-order valence-electron chi connectivity index (χ1n) is 6.78. The summed E-state index contributed by atoms with van der Waals surface area (Å²) in [5, 5.41) is 6.00. The largest absolute Gasteiger partial charge is 0.326 e. The van der Waals surface area contributed by atoms with E-state index in [1.807, 2.05) is 6.92 Å². The Morgan fingerprint density at radius 1 is 1.42 bits per heavy atom. The van der Waals surface area contributed by atoms with E-state index in [9.17, 15) is 9.59 Å². The van der Waals surface area contributed by atoms with Crippen LogP contribution in [0.1, 0.15) is 40.5 Å². The normalized spacial score (nSPS) is 19.8. The summed E-state index contributed by atoms with van der Waals surface area (Å²) in [7, 11) is 0. The average molecular weight is 267 g/mol. The Morgan fingerprint density at radius 3 is 2.58 bits per heavy atom. The third-order valence-corrected chi connectivity index (χ3v) is 2.93. The van der Waals surface area contributed by atoms with Crippen LogP contribution in [0.5, 0.6) is 0 Å². The van der Waals surface area contributed by atoms with Gasteiger partial charge in [-0.05, 0) is 32.8 Å². The molecule has 0 aromatic heterocycles. The molecule has 3 amide bonds. The lowest BCUT2D eigenvalue weighted by Crippen LogP contribution is -2.40. The van der Waals surface area contributed by atoms with Crippen molar-refractivity contribution in [2.75, 3.05) is 13.1 Å². The van der Waals surface area contributed by atoms with E-state index in [-0.39, 0.29) is 30.1 Å². The van der Waals surface area contributed by atoms with E-state index in [2.05, 4.69) is 38.0 Å². The lowest BCUT2D eigenvalue weighted by atomic mass is 10.1. The fourth-order valence-electron chi connectivity index (χ4n) is 1.88. The molecule has 1 aliphatic rings. The maximum absolute atomic E-state index is 12.0. The number of carbonyl (C=O) groups excluding carboxylic acids is 2. The van der Waals surface area contributed by atoms with Gasteiger partial charge in [-0.1, -0.05) is 19.9 Å². The monoisotopic (exact) mass is 267 g/mol. The number of imide groups is 1. The third-order valence-electron chi connectivity index (χ3n) is 2.93. The molecule has 0 aliphatic carbocycles. The van der Waals surface area contributed by atoms with E-state index < -0.39 is 0 Å². The summed E-state index contributed by atoms with van der Waals surface area (Å²) >= 11 is 0. The predicted octanol–water partition coefficient (Wildman–Crippen LogP) is 1.65. The maximum Gasteiger partial charge on any atom is 0.325 e. The predicted molar refractivity (Wildman–Crippen MR) is 75.8 cm³/mol. The second kappa shape index (κ2) is 6.19. The second-order valence-corrected chi connectivity index (χ2v) is 6.07. The van der Waals surface area contributed by atoms with Crippen LogP contribution in [0, 0.1) is 0 Å². The van der Waals surface area contributed by atoms with Crippen LogP contribution in [0.3, 0.4) is 0 Å². The zero-order chi connectivity index (χ0) is 14.6. The van der Waals surface area contributed by atoms with Crippen LogP contribution in [0.25, 0.3) is 0 Å². The van der Waals surface area contributed by atoms with Crippen molar-refractivity contribution in [3.8, 4) is 0 Å². The van der Waals surface area contributed by atoms with E-state index >= 15 is 0 Å². The van der Waals surface area contributed by atoms with Gasteiger partial charge in [0.25, 0.3) is 5.91 Å². The minimum absolute atomic E-state index is 0.00897. The quantitative estimate of drug-likeness (QED) is 0.568. The van der Waals surface area contributed by atoms with Crippen molar-refractivity contribution in [1.82, 2.24) is 15.5 Å². The fraction of sp³-hybridized carbons (Fsp3) is 0.714. The standard InChI is InChI=1S/C14H25N3O2/c1-6-7-11-12(18)17(13(19)16-11)9-10(2)8-15-14(3,4)5/h11,15H,2,6-9H2,1,3-5H3,(H,16,19). The van der Waals surface area contributed by atoms with Crippen molar-refractivity contribution in [3.05, 3.63) is 12.2 Å². The summed E-state index contributed by atoms with van der Waals surface area (Å²) < 4.78 is 0. The zero-order valence-electron chi connectivity index (χ0n) is 12.4. The van der Waals surface area contributed by atoms with Gasteiger partial charge in [0, 0.05) is 12.1 Å². The Morgan fingerprint density at radius 2 is 2.05 bits per heavy atom. The first kappa shape index (κ1) is 15.7. The molecule has 0 spiro atoms. The molecule has 19 heavy (non-hydrogen) atoms. The summed E-state index contributed by atoms with van der Waals surface area (Å²) in [5.74, 6) is -0.135. The van der Waals surface area contributed by atoms with Gasteiger partial charge >= 0.3 is 6.03 Å². The first-order chi connectivity index (χ1) is 8.74. The molecule has 1 unspecified atom stereocenters. The highest BCUT2D eigenvalue weighted by molar-refractivity contribution is 6.04. The second-order valence-electron chi connectivity index (χ2n) is 6.07. The molecule has 0 radical (unpaired) electrons. The lowest BCUT2D eigenvalue weighted by Gasteiger charge is -2.22. The van der Waals surface area contributed by atoms with Gasteiger partial charge in [-0.3, -0.25) is 9.69 Å². The van der Waals surface area contributed by atoms with E-state index in [0.717, 1.165) is 12.0 Å². The Bertz CT molecular complexity index is 371. The van der Waals surface area contributed by atoms with E-state index in [4.69, 9.17) is 0 Å². The maximum atomic E-state index is 12.0. The molecule has 1 heterocycles. The number of hydrogen-bond acceptors (Lipinski definition) is 3. The summed E-state index contributed by atoms with van der Waals surface area (Å²) in [5.41, 5.74) is 0.820. The third kappa shape index (κ3) is 4.67. The number of nitrogens with zero attached hydrogens (tertiary/aromatic N) is 1. The molecular weight excluding hydrogens is 242 g/mol. The highest BCUT2D eigenvalue weighted by atomic mass is 16.2. The number of rotatable bonds is 6. The molecule has 1 rings (SSSR count). The van der Waals surface area contributed by atoms with E-state index in [0.29, 0.717) is 13.0 Å². The average Bonchev–Trinajstić information content (AvgIpc) is 2.54. The number of hydrogen-bond donors (Lipinski definition) is 2. The van der Waals surface area contributed by atoms with Crippen molar-refractivity contribution >= 4 is 11.9 Å². The Balaban J connectivity index is 2.50. The van der Waals surface area contributed by atoms with Gasteiger partial charge in [-0.25, -0.2) is 4.79 Å². The summed E-state index contributed by atoms with van der Waals surface area (Å²) in [6.45, 7) is 13.0. The lowest BCUT2D eigenvalue weighted by molar-refractivity contribution is -0.127. The first-order valence-corrected chi connectivity index (χ1v) is 6.78. The molecule has 0 bridgehead atoms. The summed E-state index contributed by atoms with van der Waals surface area (Å²) in [6, 6.07) is -0.666. The van der Waals surface area contributed by atoms with Gasteiger partial charge in [0.05, 0.1) is 6.54 Å². The summed E-state index contributed by atoms with van der Waals surface area (Å²) in [4.78, 5) is 25.0. The van der Waals surface area contributed by atoms with Crippen LogP contribution in [0.4, 0.5) is 4.79 Å². The zero-order valence-corrected chi connectivity index (χ0v) is 12.4. The van der Waals surface area contributed by atoms with Crippen LogP contribution in [0.2, 0.25) is 0 Å². The van der Waals surface area contributed by atoms with Gasteiger partial charge in [0.2, 0.25) is 0 Å². The molecule has 1 fully saturated rings. The molecule has 0 saturated carbocycles. The van der Waals surface area contributed by atoms with Gasteiger partial charge < -0.3 is 10.6 Å². The number of amides is 3. The number of nitrogens with one attached hydrogen (secondary N) is 2. The molecule has 0 aromatic rings. The highest BCUT2D eigenvalue weighted by Crippen LogP contribution is 2.12. The molecule has 1 aliphatic heterocycles. The Kier molecular flexibility index (Phi) is 5.11. The van der Waals surface area contributed by atoms with E-state index in [1.165, 1.54) is 4.90 Å². The van der Waals surface area contributed by atoms with Crippen molar-refractivity contribution in [2.24, 2.45) is 0 Å². The highest BCUT2D eigenvalue weighted by Gasteiger charge is 2.37. The van der Waals surface area contributed by atoms with Crippen LogP contribution >= 0.6 is 0 Å². The van der Waals surface area contributed by atoms with Gasteiger partial charge in [0.1, 0.15) is 6.04 Å². The van der Waals surface area contributed by atoms with Gasteiger partial charge in [-0.15, -0.1) is 0 Å². The molecule has 2 N–H and O–H groups in total. The van der Waals surface area contributed by atoms with Crippen LogP contribution in [-0.4, -0.2) is 41.5 Å². The molecule has 1 saturated heterocycles. The molecular formula is C14H25N3O2. The number of urea groups is 1. The summed E-state index contributed by atoms with van der Waals surface area (Å²) in [6.07, 6.45) is 1.56. The molecule has 5 heteroatoms. The van der Waals surface area contributed by atoms with Crippen LogP contribution < -0.4 is 10.6 Å². The van der Waals surface area contributed by atoms with Crippen molar-refractivity contribution in [3.63, 3.8) is 0 Å². The molecule has 0 aromatic carbocycles. The molecule has 108 valence electrons. The van der Waals surface area contributed by atoms with Crippen LogP contribution in [-0.2, 0) is 4.79 Å². The minimum atomic E-state index is -0.360. The van der Waals surface area contributed by atoms with Crippen molar-refractivity contribution in [1.29, 1.82) is 0 Å². The van der Waals surface area contributed by atoms with Crippen molar-refractivity contribution < 1.29 is 9.59 Å². The Labute approximate surface area is 115 Å². The topological polar surface area (TPSA) is 61.4 Å². The van der Waals surface area contributed by atoms with Gasteiger partial charge in [0.15, 0.2) is 0 Å². The number of carbonyl (C=O) groups is 2. The van der Waals surface area contributed by atoms with Crippen LogP contribution in [0.15, 0.2) is 12.2 Å². The van der Waals surface area contributed by atoms with Gasteiger partial charge in [-0.2, -0.15) is 0 Å². The minimum Gasteiger partial charge on any atom is -0.326 e. The smallest absolute Gasteiger partial charge is 0.325 e. The van der Waals surface area contributed by atoms with E-state index in [1.54, 1.807) is 0 Å². The molecule has 5 nitrogen and oxygen atoms in total. The van der Waals surface area contributed by atoms with Crippen molar-refractivity contribution in [2.45, 2.75) is 52.1 Å². The fourth-order valence-corrected chi connectivity index (χ4v) is 1.88. The Hall–Kier alpha value is -1.36.